The van der Waals surface area contributed by atoms with Crippen molar-refractivity contribution in [3.63, 3.8) is 0 Å². The molecule has 116 valence electrons. The van der Waals surface area contributed by atoms with Gasteiger partial charge in [-0.25, -0.2) is 0 Å². The first-order valence-electron chi connectivity index (χ1n) is 7.46. The van der Waals surface area contributed by atoms with E-state index in [1.54, 1.807) is 0 Å². The summed E-state index contributed by atoms with van der Waals surface area (Å²) in [4.78, 5) is 0.723. The standard InChI is InChI=1S/C18H17N3OS/c1-14-7-9-16(10-8-14)23(22)17-12-20-21-18(17,13-19)11-15-5-3-2-4-6-15/h2-10,17H,11-12H2,1H3/t17-,18-,23?/m0/s1. The van der Waals surface area contributed by atoms with Crippen molar-refractivity contribution < 1.29 is 4.21 Å². The smallest absolute Gasteiger partial charge is 0.187 e. The summed E-state index contributed by atoms with van der Waals surface area (Å²) >= 11 is 0. The van der Waals surface area contributed by atoms with E-state index in [-0.39, 0.29) is 0 Å². The Morgan fingerprint density at radius 2 is 1.91 bits per heavy atom. The second kappa shape index (κ2) is 6.43. The monoisotopic (exact) mass is 323 g/mol. The van der Waals surface area contributed by atoms with Crippen LogP contribution >= 0.6 is 0 Å². The Balaban J connectivity index is 1.90. The predicted molar refractivity (Wildman–Crippen MR) is 89.6 cm³/mol. The number of aryl methyl sites for hydroxylation is 1. The van der Waals surface area contributed by atoms with Crippen LogP contribution in [0.25, 0.3) is 0 Å². The molecule has 2 aromatic rings. The zero-order chi connectivity index (χ0) is 16.3. The molecule has 2 aromatic carbocycles. The van der Waals surface area contributed by atoms with Gasteiger partial charge in [-0.3, -0.25) is 4.21 Å². The van der Waals surface area contributed by atoms with Crippen LogP contribution in [0.5, 0.6) is 0 Å². The third-order valence-corrected chi connectivity index (χ3v) is 5.84. The maximum atomic E-state index is 13.0. The van der Waals surface area contributed by atoms with E-state index in [0.29, 0.717) is 13.0 Å². The quantitative estimate of drug-likeness (QED) is 0.865. The molecule has 0 bridgehead atoms. The first-order chi connectivity index (χ1) is 11.1. The van der Waals surface area contributed by atoms with Gasteiger partial charge in [0.2, 0.25) is 0 Å². The molecule has 1 heterocycles. The fourth-order valence-electron chi connectivity index (χ4n) is 2.73. The Morgan fingerprint density at radius 3 is 2.57 bits per heavy atom. The van der Waals surface area contributed by atoms with Gasteiger partial charge in [-0.05, 0) is 24.6 Å². The maximum absolute atomic E-state index is 13.0. The second-order valence-corrected chi connectivity index (χ2v) is 7.36. The minimum atomic E-state index is -1.32. The SMILES string of the molecule is Cc1ccc(S(=O)[C@H]2CN=N[C@]2(C#N)Cc2ccccc2)cc1. The zero-order valence-electron chi connectivity index (χ0n) is 12.8. The van der Waals surface area contributed by atoms with E-state index in [9.17, 15) is 9.47 Å². The Bertz CT molecular complexity index is 780. The zero-order valence-corrected chi connectivity index (χ0v) is 13.7. The molecule has 3 atom stereocenters. The number of azo groups is 1. The average molecular weight is 323 g/mol. The molecule has 0 aromatic heterocycles. The van der Waals surface area contributed by atoms with Crippen molar-refractivity contribution in [1.29, 1.82) is 5.26 Å². The van der Waals surface area contributed by atoms with Gasteiger partial charge < -0.3 is 0 Å². The molecule has 0 fully saturated rings. The van der Waals surface area contributed by atoms with Gasteiger partial charge in [-0.2, -0.15) is 15.5 Å². The molecule has 0 amide bonds. The highest BCUT2D eigenvalue weighted by atomic mass is 32.2. The van der Waals surface area contributed by atoms with E-state index in [1.807, 2.05) is 61.5 Å². The summed E-state index contributed by atoms with van der Waals surface area (Å²) < 4.78 is 13.0. The number of hydrogen-bond acceptors (Lipinski definition) is 4. The second-order valence-electron chi connectivity index (χ2n) is 5.72. The first kappa shape index (κ1) is 15.6. The summed E-state index contributed by atoms with van der Waals surface area (Å²) in [6.45, 7) is 2.31. The van der Waals surface area contributed by atoms with Gasteiger partial charge in [0.1, 0.15) is 5.25 Å². The van der Waals surface area contributed by atoms with Gasteiger partial charge in [0, 0.05) is 11.3 Å². The van der Waals surface area contributed by atoms with Crippen LogP contribution in [-0.4, -0.2) is 21.5 Å². The third kappa shape index (κ3) is 3.08. The molecule has 4 nitrogen and oxygen atoms in total. The molecule has 3 rings (SSSR count). The third-order valence-electron chi connectivity index (χ3n) is 4.05. The van der Waals surface area contributed by atoms with Crippen molar-refractivity contribution in [2.24, 2.45) is 10.2 Å². The summed E-state index contributed by atoms with van der Waals surface area (Å²) in [5.41, 5.74) is 1.06. The Morgan fingerprint density at radius 1 is 1.22 bits per heavy atom. The van der Waals surface area contributed by atoms with Crippen molar-refractivity contribution in [2.75, 3.05) is 6.54 Å². The Kier molecular flexibility index (Phi) is 4.35. The minimum Gasteiger partial charge on any atom is -0.254 e. The molecule has 0 saturated heterocycles. The molecule has 0 spiro atoms. The molecule has 0 aliphatic carbocycles. The molecule has 5 heteroatoms. The van der Waals surface area contributed by atoms with Crippen LogP contribution in [0.2, 0.25) is 0 Å². The highest BCUT2D eigenvalue weighted by molar-refractivity contribution is 7.85. The number of rotatable bonds is 4. The predicted octanol–water partition coefficient (Wildman–Crippen LogP) is 3.44. The summed E-state index contributed by atoms with van der Waals surface area (Å²) in [7, 11) is -1.32. The number of hydrogen-bond donors (Lipinski definition) is 0. The van der Waals surface area contributed by atoms with Crippen LogP contribution < -0.4 is 0 Å². The van der Waals surface area contributed by atoms with Gasteiger partial charge in [0.15, 0.2) is 5.54 Å². The lowest BCUT2D eigenvalue weighted by atomic mass is 9.90. The molecular formula is C18H17N3OS. The Labute approximate surface area is 138 Å². The van der Waals surface area contributed by atoms with Crippen molar-refractivity contribution in [1.82, 2.24) is 0 Å². The minimum absolute atomic E-state index is 0.320. The fraction of sp³-hybridized carbons (Fsp3) is 0.278. The summed E-state index contributed by atoms with van der Waals surface area (Å²) in [6.07, 6.45) is 0.427. The summed E-state index contributed by atoms with van der Waals surface area (Å²) in [6, 6.07) is 19.6. The van der Waals surface area contributed by atoms with Crippen molar-refractivity contribution >= 4 is 10.8 Å². The lowest BCUT2D eigenvalue weighted by molar-refractivity contribution is 0.546. The van der Waals surface area contributed by atoms with Crippen molar-refractivity contribution in [2.45, 2.75) is 29.0 Å². The summed E-state index contributed by atoms with van der Waals surface area (Å²) in [5.74, 6) is 0. The first-order valence-corrected chi connectivity index (χ1v) is 8.67. The highest BCUT2D eigenvalue weighted by Crippen LogP contribution is 2.33. The van der Waals surface area contributed by atoms with Crippen LogP contribution in [-0.2, 0) is 17.2 Å². The molecule has 23 heavy (non-hydrogen) atoms. The van der Waals surface area contributed by atoms with Crippen LogP contribution in [0, 0.1) is 18.3 Å². The van der Waals surface area contributed by atoms with Gasteiger partial charge in [0.05, 0.1) is 23.4 Å². The van der Waals surface area contributed by atoms with Crippen molar-refractivity contribution in [3.05, 3.63) is 65.7 Å². The molecule has 0 N–H and O–H groups in total. The van der Waals surface area contributed by atoms with Gasteiger partial charge in [-0.1, -0.05) is 48.0 Å². The lowest BCUT2D eigenvalue weighted by Gasteiger charge is -2.24. The highest BCUT2D eigenvalue weighted by Gasteiger charge is 2.47. The average Bonchev–Trinajstić information content (AvgIpc) is 3.00. The number of nitrogens with zero attached hydrogens (tertiary/aromatic N) is 3. The largest absolute Gasteiger partial charge is 0.254 e. The molecule has 1 aliphatic rings. The van der Waals surface area contributed by atoms with E-state index in [1.165, 1.54) is 0 Å². The molecule has 1 aliphatic heterocycles. The van der Waals surface area contributed by atoms with Crippen LogP contribution in [0.3, 0.4) is 0 Å². The summed E-state index contributed by atoms with van der Waals surface area (Å²) in [5, 5.41) is 17.6. The van der Waals surface area contributed by atoms with E-state index in [2.05, 4.69) is 16.3 Å². The fourth-order valence-corrected chi connectivity index (χ4v) is 4.20. The van der Waals surface area contributed by atoms with Crippen LogP contribution in [0.15, 0.2) is 69.7 Å². The van der Waals surface area contributed by atoms with E-state index >= 15 is 0 Å². The van der Waals surface area contributed by atoms with E-state index in [0.717, 1.165) is 16.0 Å². The van der Waals surface area contributed by atoms with Gasteiger partial charge in [-0.15, -0.1) is 0 Å². The molecule has 0 radical (unpaired) electrons. The molecular weight excluding hydrogens is 306 g/mol. The number of benzene rings is 2. The van der Waals surface area contributed by atoms with Crippen LogP contribution in [0.1, 0.15) is 11.1 Å². The topological polar surface area (TPSA) is 65.6 Å². The van der Waals surface area contributed by atoms with Crippen LogP contribution in [0.4, 0.5) is 0 Å². The van der Waals surface area contributed by atoms with E-state index in [4.69, 9.17) is 0 Å². The van der Waals surface area contributed by atoms with E-state index < -0.39 is 21.6 Å². The normalized spacial score (nSPS) is 24.3. The van der Waals surface area contributed by atoms with Gasteiger partial charge in [0.25, 0.3) is 0 Å². The maximum Gasteiger partial charge on any atom is 0.187 e. The molecule has 0 saturated carbocycles. The number of nitriles is 1. The molecule has 1 unspecified atom stereocenters. The van der Waals surface area contributed by atoms with Gasteiger partial charge >= 0.3 is 0 Å². The Hall–Kier alpha value is -2.32. The lowest BCUT2D eigenvalue weighted by Crippen LogP contribution is -2.42. The van der Waals surface area contributed by atoms with Crippen molar-refractivity contribution in [3.8, 4) is 6.07 Å².